The van der Waals surface area contributed by atoms with Gasteiger partial charge in [-0.3, -0.25) is 14.4 Å². The van der Waals surface area contributed by atoms with Gasteiger partial charge in [0.2, 0.25) is 0 Å². The maximum absolute atomic E-state index is 12.6. The fraction of sp³-hybridized carbons (Fsp3) is 0.932. The van der Waals surface area contributed by atoms with E-state index >= 15 is 0 Å². The number of unbranched alkanes of at least 4 members (excludes halogenated alkanes) is 26. The van der Waals surface area contributed by atoms with Gasteiger partial charge in [-0.1, -0.05) is 201 Å². The van der Waals surface area contributed by atoms with Crippen molar-refractivity contribution < 1.29 is 28.6 Å². The van der Waals surface area contributed by atoms with Gasteiger partial charge in [-0.15, -0.1) is 0 Å². The van der Waals surface area contributed by atoms with Crippen molar-refractivity contribution in [2.75, 3.05) is 13.2 Å². The summed E-state index contributed by atoms with van der Waals surface area (Å²) in [5.41, 5.74) is 0. The van der Waals surface area contributed by atoms with Crippen molar-refractivity contribution >= 4 is 17.9 Å². The van der Waals surface area contributed by atoms with Crippen LogP contribution in [-0.2, 0) is 28.6 Å². The zero-order valence-corrected chi connectivity index (χ0v) is 33.9. The number of ether oxygens (including phenoxy) is 3. The van der Waals surface area contributed by atoms with Crippen molar-refractivity contribution in [3.63, 3.8) is 0 Å². The van der Waals surface area contributed by atoms with Crippen LogP contribution < -0.4 is 0 Å². The van der Waals surface area contributed by atoms with Crippen molar-refractivity contribution in [2.24, 2.45) is 5.92 Å². The van der Waals surface area contributed by atoms with Crippen LogP contribution >= 0.6 is 0 Å². The van der Waals surface area contributed by atoms with Gasteiger partial charge in [0.1, 0.15) is 13.2 Å². The minimum atomic E-state index is -0.757. The van der Waals surface area contributed by atoms with Gasteiger partial charge in [0.15, 0.2) is 6.10 Å². The number of carbonyl (C=O) groups is 3. The summed E-state index contributed by atoms with van der Waals surface area (Å²) in [7, 11) is 0. The maximum atomic E-state index is 12.6. The Balaban J connectivity index is 4.16. The van der Waals surface area contributed by atoms with Crippen LogP contribution in [0.3, 0.4) is 0 Å². The van der Waals surface area contributed by atoms with E-state index in [4.69, 9.17) is 14.2 Å². The van der Waals surface area contributed by atoms with E-state index < -0.39 is 6.10 Å². The van der Waals surface area contributed by atoms with Gasteiger partial charge in [0.25, 0.3) is 0 Å². The summed E-state index contributed by atoms with van der Waals surface area (Å²) in [6.45, 7) is 8.86. The molecule has 0 spiro atoms. The molecule has 1 atom stereocenters. The molecular weight excluding hydrogens is 624 g/mol. The summed E-state index contributed by atoms with van der Waals surface area (Å²) in [5.74, 6) is -0.0919. The molecule has 50 heavy (non-hydrogen) atoms. The summed E-state index contributed by atoms with van der Waals surface area (Å²) in [6, 6.07) is 0. The van der Waals surface area contributed by atoms with Crippen molar-refractivity contribution in [1.82, 2.24) is 0 Å². The van der Waals surface area contributed by atoms with Crippen LogP contribution in [0.1, 0.15) is 240 Å². The Kier molecular flexibility index (Phi) is 37.4. The number of rotatable bonds is 39. The molecule has 296 valence electrons. The molecule has 0 amide bonds. The van der Waals surface area contributed by atoms with E-state index in [1.54, 1.807) is 0 Å². The predicted octanol–water partition coefficient (Wildman–Crippen LogP) is 13.6. The van der Waals surface area contributed by atoms with E-state index in [1.807, 2.05) is 0 Å². The zero-order chi connectivity index (χ0) is 36.8. The number of hydrogen-bond donors (Lipinski definition) is 0. The molecule has 0 aliphatic rings. The summed E-state index contributed by atoms with van der Waals surface area (Å²) < 4.78 is 16.6. The second-order valence-electron chi connectivity index (χ2n) is 15.5. The highest BCUT2D eigenvalue weighted by molar-refractivity contribution is 5.71. The van der Waals surface area contributed by atoms with Crippen molar-refractivity contribution in [3.8, 4) is 0 Å². The average Bonchev–Trinajstić information content (AvgIpc) is 3.09. The molecule has 0 aromatic carbocycles. The van der Waals surface area contributed by atoms with Crippen LogP contribution in [-0.4, -0.2) is 37.2 Å². The summed E-state index contributed by atoms with van der Waals surface area (Å²) in [5, 5.41) is 0. The fourth-order valence-corrected chi connectivity index (χ4v) is 6.45. The first-order valence-electron chi connectivity index (χ1n) is 21.9. The molecule has 0 bridgehead atoms. The Morgan fingerprint density at radius 3 is 0.980 bits per heavy atom. The van der Waals surface area contributed by atoms with E-state index in [0.717, 1.165) is 70.1 Å². The smallest absolute Gasteiger partial charge is 0.306 e. The van der Waals surface area contributed by atoms with Crippen molar-refractivity contribution in [3.05, 3.63) is 0 Å². The number of carbonyl (C=O) groups excluding carboxylic acids is 3. The summed E-state index contributed by atoms with van der Waals surface area (Å²) in [6.07, 6.45) is 37.0. The van der Waals surface area contributed by atoms with Crippen molar-refractivity contribution in [2.45, 2.75) is 246 Å². The molecule has 0 heterocycles. The molecular formula is C44H84O6. The molecule has 6 nitrogen and oxygen atoms in total. The van der Waals surface area contributed by atoms with E-state index in [1.165, 1.54) is 128 Å². The van der Waals surface area contributed by atoms with E-state index in [2.05, 4.69) is 27.7 Å². The highest BCUT2D eigenvalue weighted by atomic mass is 16.6. The highest BCUT2D eigenvalue weighted by Crippen LogP contribution is 2.16. The third-order valence-electron chi connectivity index (χ3n) is 9.79. The topological polar surface area (TPSA) is 78.9 Å². The predicted molar refractivity (Wildman–Crippen MR) is 210 cm³/mol. The normalized spacial score (nSPS) is 11.9. The van der Waals surface area contributed by atoms with E-state index in [9.17, 15) is 14.4 Å². The Hall–Kier alpha value is -1.59. The Bertz CT molecular complexity index is 751. The molecule has 0 aromatic rings. The lowest BCUT2D eigenvalue weighted by atomic mass is 10.0. The maximum Gasteiger partial charge on any atom is 0.306 e. The summed E-state index contributed by atoms with van der Waals surface area (Å²) >= 11 is 0. The molecule has 0 rings (SSSR count). The first-order valence-corrected chi connectivity index (χ1v) is 21.9. The number of hydrogen-bond acceptors (Lipinski definition) is 6. The SMILES string of the molecule is CCCCCCCCCCCCCCCCCCCC(=O)O[C@H](COC(=O)CCCCCCC)COC(=O)CCCCCCCCCC(C)C. The average molecular weight is 709 g/mol. The van der Waals surface area contributed by atoms with Crippen molar-refractivity contribution in [1.29, 1.82) is 0 Å². The molecule has 0 saturated heterocycles. The molecule has 0 radical (unpaired) electrons. The second kappa shape index (κ2) is 38.6. The molecule has 0 fully saturated rings. The van der Waals surface area contributed by atoms with Crippen LogP contribution in [0, 0.1) is 5.92 Å². The van der Waals surface area contributed by atoms with Gasteiger partial charge < -0.3 is 14.2 Å². The van der Waals surface area contributed by atoms with Crippen LogP contribution in [0.15, 0.2) is 0 Å². The van der Waals surface area contributed by atoms with E-state index in [0.29, 0.717) is 19.3 Å². The van der Waals surface area contributed by atoms with Crippen LogP contribution in [0.5, 0.6) is 0 Å². The van der Waals surface area contributed by atoms with Gasteiger partial charge >= 0.3 is 17.9 Å². The minimum absolute atomic E-state index is 0.0662. The molecule has 0 aliphatic carbocycles. The van der Waals surface area contributed by atoms with Crippen LogP contribution in [0.25, 0.3) is 0 Å². The molecule has 0 aromatic heterocycles. The first kappa shape index (κ1) is 48.4. The van der Waals surface area contributed by atoms with Crippen LogP contribution in [0.2, 0.25) is 0 Å². The molecule has 0 N–H and O–H groups in total. The van der Waals surface area contributed by atoms with E-state index in [-0.39, 0.29) is 31.1 Å². The summed E-state index contributed by atoms with van der Waals surface area (Å²) in [4.78, 5) is 37.4. The molecule has 0 saturated carbocycles. The molecule has 0 aliphatic heterocycles. The Labute approximate surface area is 310 Å². The lowest BCUT2D eigenvalue weighted by Gasteiger charge is -2.18. The number of esters is 3. The third-order valence-corrected chi connectivity index (χ3v) is 9.79. The van der Waals surface area contributed by atoms with Gasteiger partial charge in [-0.25, -0.2) is 0 Å². The Morgan fingerprint density at radius 1 is 0.380 bits per heavy atom. The standard InChI is InChI=1S/C44H84O6/c1-5-7-9-11-12-13-14-15-16-17-18-19-20-21-24-29-33-37-44(47)50-41(38-48-42(45)35-31-26-10-8-6-2)39-49-43(46)36-32-28-25-22-23-27-30-34-40(3)4/h40-41H,5-39H2,1-4H3/t41-/m1/s1. The van der Waals surface area contributed by atoms with Gasteiger partial charge in [-0.2, -0.15) is 0 Å². The quantitative estimate of drug-likeness (QED) is 0.0359. The second-order valence-corrected chi connectivity index (χ2v) is 15.5. The van der Waals surface area contributed by atoms with Gasteiger partial charge in [-0.05, 0) is 25.2 Å². The Morgan fingerprint density at radius 2 is 0.660 bits per heavy atom. The lowest BCUT2D eigenvalue weighted by Crippen LogP contribution is -2.30. The zero-order valence-electron chi connectivity index (χ0n) is 33.9. The van der Waals surface area contributed by atoms with Gasteiger partial charge in [0.05, 0.1) is 0 Å². The highest BCUT2D eigenvalue weighted by Gasteiger charge is 2.19. The van der Waals surface area contributed by atoms with Gasteiger partial charge in [0, 0.05) is 19.3 Å². The molecule has 6 heteroatoms. The minimum Gasteiger partial charge on any atom is -0.462 e. The third kappa shape index (κ3) is 37.7. The fourth-order valence-electron chi connectivity index (χ4n) is 6.45. The first-order chi connectivity index (χ1) is 24.4. The molecule has 0 unspecified atom stereocenters. The van der Waals surface area contributed by atoms with Crippen LogP contribution in [0.4, 0.5) is 0 Å². The lowest BCUT2D eigenvalue weighted by molar-refractivity contribution is -0.167. The largest absolute Gasteiger partial charge is 0.462 e. The monoisotopic (exact) mass is 709 g/mol.